The molecule has 0 rings (SSSR count). The van der Waals surface area contributed by atoms with Gasteiger partial charge in [0.2, 0.25) is 8.32 Å². The van der Waals surface area contributed by atoms with Crippen molar-refractivity contribution in [3.63, 3.8) is 0 Å². The van der Waals surface area contributed by atoms with Crippen molar-refractivity contribution in [1.82, 2.24) is 0 Å². The van der Waals surface area contributed by atoms with E-state index < -0.39 is 26.5 Å². The zero-order valence-corrected chi connectivity index (χ0v) is 19.5. The van der Waals surface area contributed by atoms with Gasteiger partial charge in [-0.15, -0.1) is 0 Å². The molecule has 0 saturated heterocycles. The summed E-state index contributed by atoms with van der Waals surface area (Å²) in [5, 5.41) is 10.6. The molecule has 0 saturated carbocycles. The number of carbonyl (C=O) groups excluding carboxylic acids is 1. The van der Waals surface area contributed by atoms with E-state index in [9.17, 15) is 9.90 Å². The van der Waals surface area contributed by atoms with Crippen LogP contribution in [0.5, 0.6) is 0 Å². The molecule has 0 aliphatic carbocycles. The molecule has 0 unspecified atom stereocenters. The second-order valence-corrected chi connectivity index (χ2v) is 13.8. The smallest absolute Gasteiger partial charge is 0.337 e. The van der Waals surface area contributed by atoms with Gasteiger partial charge >= 0.3 is 5.97 Å². The number of carbonyl (C=O) groups is 1. The van der Waals surface area contributed by atoms with Gasteiger partial charge in [0.1, 0.15) is 0 Å². The maximum Gasteiger partial charge on any atom is 0.337 e. The lowest BCUT2D eigenvalue weighted by molar-refractivity contribution is -0.158. The number of ether oxygens (including phenoxy) is 1. The first kappa shape index (κ1) is 25.6. The summed E-state index contributed by atoms with van der Waals surface area (Å²) >= 11 is 0. The summed E-state index contributed by atoms with van der Waals surface area (Å²) in [6, 6.07) is 0. The van der Waals surface area contributed by atoms with Crippen LogP contribution in [0.25, 0.3) is 0 Å². The van der Waals surface area contributed by atoms with Crippen LogP contribution in [0.2, 0.25) is 16.6 Å². The van der Waals surface area contributed by atoms with Gasteiger partial charge in [-0.3, -0.25) is 0 Å². The van der Waals surface area contributed by atoms with Crippen LogP contribution in [0, 0.1) is 0 Å². The number of hydrogen-bond acceptors (Lipinski definition) is 4. The molecule has 0 aliphatic heterocycles. The average molecular weight is 389 g/mol. The van der Waals surface area contributed by atoms with E-state index in [1.807, 2.05) is 0 Å². The van der Waals surface area contributed by atoms with Crippen LogP contribution in [0.15, 0.2) is 0 Å². The molecule has 4 nitrogen and oxygen atoms in total. The molecule has 0 heterocycles. The first-order chi connectivity index (χ1) is 12.1. The van der Waals surface area contributed by atoms with Gasteiger partial charge in [-0.2, -0.15) is 0 Å². The molecule has 0 spiro atoms. The van der Waals surface area contributed by atoms with Crippen LogP contribution in [-0.2, 0) is 14.0 Å². The predicted molar refractivity (Wildman–Crippen MR) is 112 cm³/mol. The summed E-state index contributed by atoms with van der Waals surface area (Å²) in [5.41, 5.74) is 1.25. The van der Waals surface area contributed by atoms with Crippen LogP contribution in [-0.4, -0.2) is 38.2 Å². The molecule has 156 valence electrons. The second kappa shape index (κ2) is 12.9. The maximum atomic E-state index is 12.2. The summed E-state index contributed by atoms with van der Waals surface area (Å²) in [5.74, 6) is -0.551. The molecular formula is C21H44O4Si. The normalized spacial score (nSPS) is 14.9. The van der Waals surface area contributed by atoms with Crippen molar-refractivity contribution >= 4 is 14.3 Å². The van der Waals surface area contributed by atoms with Crippen molar-refractivity contribution in [1.29, 1.82) is 0 Å². The first-order valence-corrected chi connectivity index (χ1v) is 12.8. The van der Waals surface area contributed by atoms with E-state index in [0.29, 0.717) is 23.0 Å². The third kappa shape index (κ3) is 7.32. The van der Waals surface area contributed by atoms with Crippen LogP contribution in [0.1, 0.15) is 93.9 Å². The fraction of sp³-hybridized carbons (Fsp3) is 0.952. The molecular weight excluding hydrogens is 344 g/mol. The molecule has 0 amide bonds. The molecule has 1 N–H and O–H groups in total. The van der Waals surface area contributed by atoms with Crippen molar-refractivity contribution in [2.45, 2.75) is 123 Å². The van der Waals surface area contributed by atoms with Crippen molar-refractivity contribution < 1.29 is 19.1 Å². The highest BCUT2D eigenvalue weighted by Gasteiger charge is 2.48. The number of aliphatic hydroxyl groups is 1. The number of unbranched alkanes of at least 4 members (excludes halogenated alkanes) is 4. The van der Waals surface area contributed by atoms with Gasteiger partial charge < -0.3 is 14.3 Å². The Morgan fingerprint density at radius 1 is 0.885 bits per heavy atom. The summed E-state index contributed by atoms with van der Waals surface area (Å²) in [7, 11) is -2.17. The Morgan fingerprint density at radius 3 is 1.81 bits per heavy atom. The van der Waals surface area contributed by atoms with E-state index in [1.165, 1.54) is 19.3 Å². The van der Waals surface area contributed by atoms with Crippen LogP contribution in [0.4, 0.5) is 0 Å². The van der Waals surface area contributed by atoms with E-state index in [4.69, 9.17) is 9.16 Å². The van der Waals surface area contributed by atoms with E-state index in [0.717, 1.165) is 12.8 Å². The van der Waals surface area contributed by atoms with Gasteiger partial charge in [-0.05, 0) is 30.0 Å². The number of aliphatic hydroxyl groups excluding tert-OH is 1. The van der Waals surface area contributed by atoms with Crippen molar-refractivity contribution in [2.75, 3.05) is 6.61 Å². The molecule has 5 heteroatoms. The lowest BCUT2D eigenvalue weighted by atomic mass is 10.0. The van der Waals surface area contributed by atoms with Crippen molar-refractivity contribution in [2.24, 2.45) is 0 Å². The minimum atomic E-state index is -2.17. The molecule has 0 aliphatic rings. The molecule has 2 atom stereocenters. The van der Waals surface area contributed by atoms with Gasteiger partial charge in [0.05, 0.1) is 12.7 Å². The molecule has 0 aromatic rings. The minimum absolute atomic E-state index is 0.278. The van der Waals surface area contributed by atoms with E-state index in [1.54, 1.807) is 6.92 Å². The standard InChI is InChI=1S/C21H44O4Si/c1-9-11-12-13-14-15-19(20(22)21(23)24-10-2)25-26(16(3)4,17(5)6)18(7)8/h16-20,22H,9-15H2,1-8H3/t19-,20+/m1/s1. The van der Waals surface area contributed by atoms with Crippen LogP contribution in [0.3, 0.4) is 0 Å². The van der Waals surface area contributed by atoms with Crippen molar-refractivity contribution in [3.8, 4) is 0 Å². The quantitative estimate of drug-likeness (QED) is 0.231. The summed E-state index contributed by atoms with van der Waals surface area (Å²) < 4.78 is 11.8. The van der Waals surface area contributed by atoms with Gasteiger partial charge in [0.25, 0.3) is 0 Å². The Hall–Kier alpha value is -0.393. The first-order valence-electron chi connectivity index (χ1n) is 10.7. The Balaban J connectivity index is 5.36. The van der Waals surface area contributed by atoms with Crippen LogP contribution < -0.4 is 0 Å². The maximum absolute atomic E-state index is 12.2. The molecule has 26 heavy (non-hydrogen) atoms. The fourth-order valence-corrected chi connectivity index (χ4v) is 9.87. The lowest BCUT2D eigenvalue weighted by Gasteiger charge is -2.45. The van der Waals surface area contributed by atoms with E-state index >= 15 is 0 Å². The number of rotatable bonds is 14. The molecule has 0 aromatic carbocycles. The van der Waals surface area contributed by atoms with Gasteiger partial charge in [0, 0.05) is 0 Å². The average Bonchev–Trinajstić information content (AvgIpc) is 2.56. The summed E-state index contributed by atoms with van der Waals surface area (Å²) in [6.07, 6.45) is 4.77. The monoisotopic (exact) mass is 388 g/mol. The van der Waals surface area contributed by atoms with Gasteiger partial charge in [0.15, 0.2) is 6.10 Å². The summed E-state index contributed by atoms with van der Waals surface area (Å²) in [6.45, 7) is 17.6. The third-order valence-corrected chi connectivity index (χ3v) is 11.7. The third-order valence-electron chi connectivity index (χ3n) is 5.54. The van der Waals surface area contributed by atoms with Gasteiger partial charge in [-0.25, -0.2) is 4.79 Å². The van der Waals surface area contributed by atoms with E-state index in [2.05, 4.69) is 48.5 Å². The molecule has 0 fully saturated rings. The van der Waals surface area contributed by atoms with Crippen molar-refractivity contribution in [3.05, 3.63) is 0 Å². The summed E-state index contributed by atoms with van der Waals surface area (Å²) in [4.78, 5) is 12.2. The topological polar surface area (TPSA) is 55.8 Å². The van der Waals surface area contributed by atoms with Crippen LogP contribution >= 0.6 is 0 Å². The zero-order valence-electron chi connectivity index (χ0n) is 18.5. The second-order valence-electron chi connectivity index (χ2n) is 8.37. The highest BCUT2D eigenvalue weighted by molar-refractivity contribution is 6.77. The predicted octanol–water partition coefficient (Wildman–Crippen LogP) is 5.83. The Kier molecular flexibility index (Phi) is 12.7. The number of esters is 1. The Bertz CT molecular complexity index is 360. The molecule has 0 bridgehead atoms. The highest BCUT2D eigenvalue weighted by Crippen LogP contribution is 2.43. The number of hydrogen-bond donors (Lipinski definition) is 1. The Morgan fingerprint density at radius 2 is 1.38 bits per heavy atom. The van der Waals surface area contributed by atoms with E-state index in [-0.39, 0.29) is 6.61 Å². The lowest BCUT2D eigenvalue weighted by Crippen LogP contribution is -2.53. The minimum Gasteiger partial charge on any atom is -0.464 e. The zero-order chi connectivity index (χ0) is 20.3. The fourth-order valence-electron chi connectivity index (χ4n) is 4.28. The SMILES string of the molecule is CCCCCCC[C@@H](O[Si](C(C)C)(C(C)C)C(C)C)[C@H](O)C(=O)OCC. The van der Waals surface area contributed by atoms with Gasteiger partial charge in [-0.1, -0.05) is 80.6 Å². The highest BCUT2D eigenvalue weighted by atomic mass is 28.4. The molecule has 0 radical (unpaired) electrons. The largest absolute Gasteiger partial charge is 0.464 e. The Labute approximate surface area is 163 Å². The molecule has 0 aromatic heterocycles.